The average molecular weight is 362 g/mol. The third kappa shape index (κ3) is 2.62. The van der Waals surface area contributed by atoms with Gasteiger partial charge in [0.15, 0.2) is 0 Å². The maximum absolute atomic E-state index is 15.0. The van der Waals surface area contributed by atoms with E-state index in [1.165, 1.54) is 16.7 Å². The first-order chi connectivity index (χ1) is 12.0. The monoisotopic (exact) mass is 362 g/mol. The van der Waals surface area contributed by atoms with E-state index in [0.29, 0.717) is 22.3 Å². The number of fused-ring (bicyclic) bond motifs is 2. The molecule has 0 saturated carbocycles. The smallest absolute Gasteiger partial charge is 0.340 e. The van der Waals surface area contributed by atoms with Crippen molar-refractivity contribution in [3.63, 3.8) is 0 Å². The molecule has 2 aliphatic rings. The Morgan fingerprint density at radius 3 is 2.96 bits per heavy atom. The number of carbonyl (C=O) groups is 1. The van der Waals surface area contributed by atoms with Crippen molar-refractivity contribution >= 4 is 33.1 Å². The first-order valence-electron chi connectivity index (χ1n) is 8.43. The van der Waals surface area contributed by atoms with Crippen LogP contribution in [-0.2, 0) is 0 Å². The van der Waals surface area contributed by atoms with Gasteiger partial charge < -0.3 is 15.3 Å². The molecule has 5 nitrogen and oxygen atoms in total. The Balaban J connectivity index is 1.81. The largest absolute Gasteiger partial charge is 0.478 e. The lowest BCUT2D eigenvalue weighted by molar-refractivity contribution is 0.0696. The van der Waals surface area contributed by atoms with Crippen LogP contribution in [0, 0.1) is 18.7 Å². The van der Waals surface area contributed by atoms with Crippen molar-refractivity contribution in [2.75, 3.05) is 24.5 Å². The number of benzene rings is 1. The molecular formula is C18H19FN2O3S. The molecule has 0 amide bonds. The molecule has 4 rings (SSSR count). The zero-order valence-corrected chi connectivity index (χ0v) is 14.7. The van der Waals surface area contributed by atoms with Gasteiger partial charge in [-0.3, -0.25) is 4.79 Å². The van der Waals surface area contributed by atoms with Crippen molar-refractivity contribution < 1.29 is 14.3 Å². The summed E-state index contributed by atoms with van der Waals surface area (Å²) in [7, 11) is 0. The third-order valence-corrected chi connectivity index (χ3v) is 6.32. The number of hydrogen-bond donors (Lipinski definition) is 2. The molecule has 2 aromatic rings. The van der Waals surface area contributed by atoms with Crippen LogP contribution in [0.1, 0.15) is 28.8 Å². The van der Waals surface area contributed by atoms with E-state index >= 15 is 4.39 Å². The summed E-state index contributed by atoms with van der Waals surface area (Å²) in [5.41, 5.74) is -0.162. The van der Waals surface area contributed by atoms with E-state index in [1.807, 2.05) is 0 Å². The molecule has 0 aliphatic carbocycles. The van der Waals surface area contributed by atoms with Crippen molar-refractivity contribution in [3.05, 3.63) is 38.6 Å². The molecule has 0 radical (unpaired) electrons. The van der Waals surface area contributed by atoms with Gasteiger partial charge in [-0.2, -0.15) is 0 Å². The van der Waals surface area contributed by atoms with Gasteiger partial charge in [0, 0.05) is 34.6 Å². The van der Waals surface area contributed by atoms with E-state index in [4.69, 9.17) is 5.11 Å². The fourth-order valence-electron chi connectivity index (χ4n) is 4.05. The molecule has 2 fully saturated rings. The second kappa shape index (κ2) is 6.07. The van der Waals surface area contributed by atoms with Gasteiger partial charge >= 0.3 is 5.97 Å². The number of anilines is 1. The zero-order valence-electron chi connectivity index (χ0n) is 13.8. The quantitative estimate of drug-likeness (QED) is 0.859. The molecule has 0 spiro atoms. The molecule has 2 aliphatic heterocycles. The van der Waals surface area contributed by atoms with Crippen molar-refractivity contribution in [2.45, 2.75) is 25.8 Å². The molecule has 3 heterocycles. The number of hydrogen-bond acceptors (Lipinski definition) is 5. The van der Waals surface area contributed by atoms with Crippen LogP contribution in [0.3, 0.4) is 0 Å². The molecule has 25 heavy (non-hydrogen) atoms. The number of nitrogens with one attached hydrogen (secondary N) is 1. The summed E-state index contributed by atoms with van der Waals surface area (Å²) in [5, 5.41) is 14.2. The Morgan fingerprint density at radius 2 is 2.24 bits per heavy atom. The molecule has 2 atom stereocenters. The second-order valence-corrected chi connectivity index (χ2v) is 7.77. The molecule has 7 heteroatoms. The van der Waals surface area contributed by atoms with E-state index in [2.05, 4.69) is 10.2 Å². The topological polar surface area (TPSA) is 69.6 Å². The number of aromatic carboxylic acids is 1. The van der Waals surface area contributed by atoms with Gasteiger partial charge in [0.1, 0.15) is 11.4 Å². The van der Waals surface area contributed by atoms with Crippen molar-refractivity contribution in [2.24, 2.45) is 5.92 Å². The predicted octanol–water partition coefficient (Wildman–Crippen LogP) is 2.60. The molecule has 1 aromatic heterocycles. The minimum Gasteiger partial charge on any atom is -0.478 e. The van der Waals surface area contributed by atoms with Gasteiger partial charge in [0.05, 0.1) is 5.69 Å². The third-order valence-electron chi connectivity index (χ3n) is 5.39. The van der Waals surface area contributed by atoms with E-state index in [0.717, 1.165) is 32.5 Å². The lowest BCUT2D eigenvalue weighted by Gasteiger charge is -2.24. The number of rotatable bonds is 2. The summed E-state index contributed by atoms with van der Waals surface area (Å²) in [6.07, 6.45) is 2.30. The Kier molecular flexibility index (Phi) is 4.00. The number of halogens is 1. The fourth-order valence-corrected chi connectivity index (χ4v) is 5.05. The van der Waals surface area contributed by atoms with Gasteiger partial charge in [0.2, 0.25) is 5.43 Å². The lowest BCUT2D eigenvalue weighted by Crippen LogP contribution is -2.40. The summed E-state index contributed by atoms with van der Waals surface area (Å²) in [6, 6.07) is 2.09. The van der Waals surface area contributed by atoms with Crippen LogP contribution in [0.5, 0.6) is 0 Å². The number of nitrogens with zero attached hydrogens (tertiary/aromatic N) is 1. The first-order valence-corrected chi connectivity index (χ1v) is 9.31. The highest BCUT2D eigenvalue weighted by Crippen LogP contribution is 2.35. The second-order valence-electron chi connectivity index (χ2n) is 6.86. The predicted molar refractivity (Wildman–Crippen MR) is 96.5 cm³/mol. The SMILES string of the molecule is Cc1c(F)c(N2C[C@@H]3CCCN[C@@H]3C2)cc2scc(C(=O)O)c(=O)c12. The Bertz CT molecular complexity index is 913. The summed E-state index contributed by atoms with van der Waals surface area (Å²) < 4.78 is 15.7. The summed E-state index contributed by atoms with van der Waals surface area (Å²) in [4.78, 5) is 25.6. The molecule has 2 N–H and O–H groups in total. The van der Waals surface area contributed by atoms with Gasteiger partial charge in [-0.05, 0) is 43.9 Å². The molecular weight excluding hydrogens is 343 g/mol. The van der Waals surface area contributed by atoms with Crippen LogP contribution in [0.2, 0.25) is 0 Å². The van der Waals surface area contributed by atoms with Crippen molar-refractivity contribution in [1.29, 1.82) is 0 Å². The van der Waals surface area contributed by atoms with E-state index in [-0.39, 0.29) is 16.5 Å². The fraction of sp³-hybridized carbons (Fsp3) is 0.444. The van der Waals surface area contributed by atoms with Crippen molar-refractivity contribution in [3.8, 4) is 0 Å². The maximum Gasteiger partial charge on any atom is 0.340 e. The van der Waals surface area contributed by atoms with E-state index < -0.39 is 17.2 Å². The van der Waals surface area contributed by atoms with Gasteiger partial charge in [-0.15, -0.1) is 11.3 Å². The minimum atomic E-state index is -1.28. The highest BCUT2D eigenvalue weighted by molar-refractivity contribution is 7.16. The van der Waals surface area contributed by atoms with Gasteiger partial charge in [0.25, 0.3) is 0 Å². The van der Waals surface area contributed by atoms with Crippen LogP contribution in [0.25, 0.3) is 10.1 Å². The van der Waals surface area contributed by atoms with Crippen LogP contribution in [0.4, 0.5) is 10.1 Å². The highest BCUT2D eigenvalue weighted by atomic mass is 32.1. The Morgan fingerprint density at radius 1 is 1.44 bits per heavy atom. The maximum atomic E-state index is 15.0. The zero-order chi connectivity index (χ0) is 17.7. The summed E-state index contributed by atoms with van der Waals surface area (Å²) in [6.45, 7) is 4.13. The highest BCUT2D eigenvalue weighted by Gasteiger charge is 2.35. The lowest BCUT2D eigenvalue weighted by atomic mass is 9.94. The number of carboxylic acid groups (broad SMARTS) is 1. The normalized spacial score (nSPS) is 23.0. The van der Waals surface area contributed by atoms with Crippen LogP contribution in [0.15, 0.2) is 16.2 Å². The van der Waals surface area contributed by atoms with Gasteiger partial charge in [-0.25, -0.2) is 9.18 Å². The van der Waals surface area contributed by atoms with E-state index in [9.17, 15) is 9.59 Å². The Hall–Kier alpha value is -1.99. The van der Waals surface area contributed by atoms with Gasteiger partial charge in [-0.1, -0.05) is 0 Å². The van der Waals surface area contributed by atoms with E-state index in [1.54, 1.807) is 13.0 Å². The summed E-state index contributed by atoms with van der Waals surface area (Å²) >= 11 is 1.18. The van der Waals surface area contributed by atoms with Crippen LogP contribution < -0.4 is 15.6 Å². The molecule has 0 unspecified atom stereocenters. The van der Waals surface area contributed by atoms with Crippen molar-refractivity contribution in [1.82, 2.24) is 5.32 Å². The number of piperidine rings is 1. The minimum absolute atomic E-state index is 0.181. The number of aryl methyl sites for hydroxylation is 1. The standard InChI is InChI=1S/C18H19FN2O3S/c1-9-15-14(25-8-11(17(15)22)18(23)24)5-13(16(9)19)21-6-10-3-2-4-20-12(10)7-21/h5,8,10,12,20H,2-4,6-7H2,1H3,(H,23,24)/t10-,12+/m0/s1. The van der Waals surface area contributed by atoms with Crippen LogP contribution >= 0.6 is 11.3 Å². The molecule has 2 saturated heterocycles. The molecule has 132 valence electrons. The van der Waals surface area contributed by atoms with Crippen LogP contribution in [-0.4, -0.2) is 36.8 Å². The average Bonchev–Trinajstić information content (AvgIpc) is 3.01. The first kappa shape index (κ1) is 16.5. The Labute approximate surface area is 148 Å². The summed E-state index contributed by atoms with van der Waals surface area (Å²) in [5.74, 6) is -1.17. The molecule has 0 bridgehead atoms. The molecule has 1 aromatic carbocycles. The number of carboxylic acids is 1.